The van der Waals surface area contributed by atoms with Gasteiger partial charge >= 0.3 is 12.0 Å². The molecule has 0 spiro atoms. The summed E-state index contributed by atoms with van der Waals surface area (Å²) in [6, 6.07) is 6.45. The Labute approximate surface area is 115 Å². The number of aromatic amines is 1. The van der Waals surface area contributed by atoms with Gasteiger partial charge in [0, 0.05) is 11.9 Å². The summed E-state index contributed by atoms with van der Waals surface area (Å²) in [5.74, 6) is -1.13. The summed E-state index contributed by atoms with van der Waals surface area (Å²) in [5.41, 5.74) is 1.55. The maximum absolute atomic E-state index is 11.7. The van der Waals surface area contributed by atoms with Crippen LogP contribution in [0.15, 0.2) is 30.5 Å². The molecule has 0 saturated carbocycles. The molecular formula is C13H14N4O3. The molecule has 0 fully saturated rings. The number of carbonyl (C=O) groups is 2. The molecule has 4 N–H and O–H groups in total. The predicted octanol–water partition coefficient (Wildman–Crippen LogP) is 1.74. The average Bonchev–Trinajstić information content (AvgIpc) is 2.79. The van der Waals surface area contributed by atoms with Gasteiger partial charge in [-0.05, 0) is 25.1 Å². The fourth-order valence-corrected chi connectivity index (χ4v) is 1.70. The first-order valence-electron chi connectivity index (χ1n) is 5.94. The minimum absolute atomic E-state index is 0.0458. The van der Waals surface area contributed by atoms with Gasteiger partial charge in [-0.15, -0.1) is 0 Å². The topological polar surface area (TPSA) is 107 Å². The first-order valence-corrected chi connectivity index (χ1v) is 5.94. The lowest BCUT2D eigenvalue weighted by Gasteiger charge is -2.06. The lowest BCUT2D eigenvalue weighted by molar-refractivity contribution is 0.0692. The Kier molecular flexibility index (Phi) is 3.99. The SMILES string of the molecule is Cc1cc(NC(=O)NCc2ccccn2)c(C(=O)O)[nH]1. The average molecular weight is 274 g/mol. The highest BCUT2D eigenvalue weighted by Crippen LogP contribution is 2.16. The number of nitrogens with one attached hydrogen (secondary N) is 3. The van der Waals surface area contributed by atoms with Crippen molar-refractivity contribution >= 4 is 17.7 Å². The molecule has 2 aromatic rings. The van der Waals surface area contributed by atoms with Crippen LogP contribution in [0.4, 0.5) is 10.5 Å². The van der Waals surface area contributed by atoms with Gasteiger partial charge in [0.15, 0.2) is 0 Å². The van der Waals surface area contributed by atoms with E-state index in [0.717, 1.165) is 0 Å². The maximum Gasteiger partial charge on any atom is 0.354 e. The van der Waals surface area contributed by atoms with Gasteiger partial charge in [0.1, 0.15) is 5.69 Å². The number of urea groups is 1. The second-order valence-electron chi connectivity index (χ2n) is 4.17. The van der Waals surface area contributed by atoms with E-state index in [9.17, 15) is 9.59 Å². The van der Waals surface area contributed by atoms with E-state index in [-0.39, 0.29) is 17.9 Å². The zero-order valence-corrected chi connectivity index (χ0v) is 10.8. The molecule has 2 heterocycles. The summed E-state index contributed by atoms with van der Waals surface area (Å²) in [6.07, 6.45) is 1.63. The van der Waals surface area contributed by atoms with Crippen molar-refractivity contribution in [1.82, 2.24) is 15.3 Å². The van der Waals surface area contributed by atoms with Crippen molar-refractivity contribution in [1.29, 1.82) is 0 Å². The van der Waals surface area contributed by atoms with E-state index in [2.05, 4.69) is 20.6 Å². The number of aromatic nitrogens is 2. The second kappa shape index (κ2) is 5.87. The van der Waals surface area contributed by atoms with E-state index < -0.39 is 12.0 Å². The molecule has 0 unspecified atom stereocenters. The number of anilines is 1. The van der Waals surface area contributed by atoms with Crippen LogP contribution in [0.25, 0.3) is 0 Å². The van der Waals surface area contributed by atoms with Crippen LogP contribution in [-0.2, 0) is 6.54 Å². The predicted molar refractivity (Wildman–Crippen MR) is 72.6 cm³/mol. The van der Waals surface area contributed by atoms with Crippen LogP contribution < -0.4 is 10.6 Å². The van der Waals surface area contributed by atoms with Gasteiger partial charge in [-0.2, -0.15) is 0 Å². The molecule has 0 aliphatic heterocycles. The largest absolute Gasteiger partial charge is 0.477 e. The van der Waals surface area contributed by atoms with Crippen LogP contribution in [0.1, 0.15) is 21.9 Å². The molecule has 0 aliphatic carbocycles. The summed E-state index contributed by atoms with van der Waals surface area (Å²) < 4.78 is 0. The van der Waals surface area contributed by atoms with Crippen molar-refractivity contribution < 1.29 is 14.7 Å². The van der Waals surface area contributed by atoms with Crippen molar-refractivity contribution in [2.45, 2.75) is 13.5 Å². The zero-order chi connectivity index (χ0) is 14.5. The van der Waals surface area contributed by atoms with Crippen LogP contribution in [0.3, 0.4) is 0 Å². The van der Waals surface area contributed by atoms with E-state index in [1.807, 2.05) is 6.07 Å². The van der Waals surface area contributed by atoms with E-state index in [0.29, 0.717) is 11.4 Å². The number of carboxylic acid groups (broad SMARTS) is 1. The molecule has 2 rings (SSSR count). The third-order valence-electron chi connectivity index (χ3n) is 2.57. The first-order chi connectivity index (χ1) is 9.56. The van der Waals surface area contributed by atoms with Crippen molar-refractivity contribution in [2.75, 3.05) is 5.32 Å². The number of hydrogen-bond acceptors (Lipinski definition) is 3. The Bertz CT molecular complexity index is 622. The van der Waals surface area contributed by atoms with Crippen LogP contribution in [-0.4, -0.2) is 27.1 Å². The molecule has 2 aromatic heterocycles. The van der Waals surface area contributed by atoms with Crippen LogP contribution in [0.2, 0.25) is 0 Å². The van der Waals surface area contributed by atoms with Crippen LogP contribution >= 0.6 is 0 Å². The van der Waals surface area contributed by atoms with Crippen LogP contribution in [0.5, 0.6) is 0 Å². The third kappa shape index (κ3) is 3.35. The van der Waals surface area contributed by atoms with Crippen molar-refractivity contribution in [3.8, 4) is 0 Å². The van der Waals surface area contributed by atoms with Crippen molar-refractivity contribution in [3.05, 3.63) is 47.5 Å². The Morgan fingerprint density at radius 3 is 2.85 bits per heavy atom. The minimum atomic E-state index is -1.13. The fraction of sp³-hybridized carbons (Fsp3) is 0.154. The number of carboxylic acids is 1. The van der Waals surface area contributed by atoms with Gasteiger partial charge in [-0.25, -0.2) is 9.59 Å². The molecule has 0 aliphatic rings. The van der Waals surface area contributed by atoms with Gasteiger partial charge in [0.2, 0.25) is 0 Å². The number of amides is 2. The molecule has 0 aromatic carbocycles. The van der Waals surface area contributed by atoms with E-state index in [4.69, 9.17) is 5.11 Å². The molecule has 0 bridgehead atoms. The standard InChI is InChI=1S/C13H14N4O3/c1-8-6-10(11(16-8)12(18)19)17-13(20)15-7-9-4-2-3-5-14-9/h2-6,16H,7H2,1H3,(H,18,19)(H2,15,17,20). The molecule has 0 radical (unpaired) electrons. The number of aromatic carboxylic acids is 1. The normalized spacial score (nSPS) is 10.1. The molecule has 7 nitrogen and oxygen atoms in total. The number of rotatable bonds is 4. The zero-order valence-electron chi connectivity index (χ0n) is 10.8. The molecule has 20 heavy (non-hydrogen) atoms. The number of carbonyl (C=O) groups excluding carboxylic acids is 1. The van der Waals surface area contributed by atoms with Gasteiger partial charge in [0.05, 0.1) is 17.9 Å². The Hall–Kier alpha value is -2.83. The minimum Gasteiger partial charge on any atom is -0.477 e. The number of pyridine rings is 1. The fourth-order valence-electron chi connectivity index (χ4n) is 1.70. The summed E-state index contributed by atoms with van der Waals surface area (Å²) in [6.45, 7) is 1.97. The smallest absolute Gasteiger partial charge is 0.354 e. The lowest BCUT2D eigenvalue weighted by atomic mass is 10.3. The number of nitrogens with zero attached hydrogens (tertiary/aromatic N) is 1. The quantitative estimate of drug-likeness (QED) is 0.681. The molecule has 0 atom stereocenters. The van der Waals surface area contributed by atoms with Crippen molar-refractivity contribution in [2.24, 2.45) is 0 Å². The monoisotopic (exact) mass is 274 g/mol. The molecule has 2 amide bonds. The number of H-pyrrole nitrogens is 1. The molecule has 104 valence electrons. The summed E-state index contributed by atoms with van der Waals surface area (Å²) in [5, 5.41) is 14.1. The van der Waals surface area contributed by atoms with Gasteiger partial charge in [0.25, 0.3) is 0 Å². The van der Waals surface area contributed by atoms with E-state index in [1.54, 1.807) is 31.3 Å². The highest BCUT2D eigenvalue weighted by atomic mass is 16.4. The second-order valence-corrected chi connectivity index (χ2v) is 4.17. The Balaban J connectivity index is 1.96. The highest BCUT2D eigenvalue weighted by Gasteiger charge is 2.15. The maximum atomic E-state index is 11.7. The first kappa shape index (κ1) is 13.6. The number of hydrogen-bond donors (Lipinski definition) is 4. The number of aryl methyl sites for hydroxylation is 1. The van der Waals surface area contributed by atoms with Crippen molar-refractivity contribution in [3.63, 3.8) is 0 Å². The summed E-state index contributed by atoms with van der Waals surface area (Å²) in [4.78, 5) is 29.4. The molecular weight excluding hydrogens is 260 g/mol. The van der Waals surface area contributed by atoms with E-state index in [1.165, 1.54) is 0 Å². The van der Waals surface area contributed by atoms with E-state index >= 15 is 0 Å². The summed E-state index contributed by atoms with van der Waals surface area (Å²) in [7, 11) is 0. The van der Waals surface area contributed by atoms with Gasteiger partial charge in [-0.1, -0.05) is 6.07 Å². The molecule has 0 saturated heterocycles. The van der Waals surface area contributed by atoms with Gasteiger partial charge in [-0.3, -0.25) is 4.98 Å². The molecule has 7 heteroatoms. The van der Waals surface area contributed by atoms with Crippen LogP contribution in [0, 0.1) is 6.92 Å². The van der Waals surface area contributed by atoms with Gasteiger partial charge < -0.3 is 20.7 Å². The lowest BCUT2D eigenvalue weighted by Crippen LogP contribution is -2.29. The third-order valence-corrected chi connectivity index (χ3v) is 2.57. The Morgan fingerprint density at radius 2 is 2.20 bits per heavy atom. The Morgan fingerprint density at radius 1 is 1.40 bits per heavy atom. The summed E-state index contributed by atoms with van der Waals surface area (Å²) >= 11 is 0. The highest BCUT2D eigenvalue weighted by molar-refractivity contribution is 5.99.